The number of carbonyl (C=O) groups excluding carboxylic acids is 1. The number of ether oxygens (including phenoxy) is 3. The molecule has 1 atom stereocenters. The first kappa shape index (κ1) is 9.64. The monoisotopic (exact) mass is 184 g/mol. The van der Waals surface area contributed by atoms with Crippen molar-refractivity contribution in [3.63, 3.8) is 0 Å². The first-order valence-corrected chi connectivity index (χ1v) is 3.90. The molecule has 1 unspecified atom stereocenters. The van der Waals surface area contributed by atoms with E-state index in [-0.39, 0.29) is 18.7 Å². The Morgan fingerprint density at radius 2 is 2.46 bits per heavy atom. The normalized spacial score (nSPS) is 20.4. The summed E-state index contributed by atoms with van der Waals surface area (Å²) in [5.74, 6) is -0.141. The van der Waals surface area contributed by atoms with Crippen LogP contribution in [0.5, 0.6) is 0 Å². The van der Waals surface area contributed by atoms with Gasteiger partial charge in [-0.05, 0) is 13.5 Å². The Morgan fingerprint density at radius 3 is 2.92 bits per heavy atom. The molecule has 0 N–H and O–H groups in total. The predicted octanol–water partition coefficient (Wildman–Crippen LogP) is 0.992. The van der Waals surface area contributed by atoms with Crippen molar-refractivity contribution in [1.82, 2.24) is 0 Å². The molecular weight excluding hydrogens is 172 g/mol. The minimum atomic E-state index is -0.416. The SMILES string of the molecule is C=C1OCC(COC(=O)C(=C)C)O1. The predicted molar refractivity (Wildman–Crippen MR) is 45.7 cm³/mol. The second-order valence-corrected chi connectivity index (χ2v) is 2.80. The van der Waals surface area contributed by atoms with Crippen LogP contribution in [0.1, 0.15) is 6.92 Å². The van der Waals surface area contributed by atoms with E-state index in [1.807, 2.05) is 0 Å². The van der Waals surface area contributed by atoms with Crippen molar-refractivity contribution in [3.05, 3.63) is 24.7 Å². The minimum absolute atomic E-state index is 0.171. The van der Waals surface area contributed by atoms with E-state index in [1.54, 1.807) is 6.92 Å². The Bertz CT molecular complexity index is 244. The van der Waals surface area contributed by atoms with Gasteiger partial charge in [-0.2, -0.15) is 0 Å². The van der Waals surface area contributed by atoms with Gasteiger partial charge < -0.3 is 14.2 Å². The molecule has 0 bridgehead atoms. The first-order valence-electron chi connectivity index (χ1n) is 3.90. The minimum Gasteiger partial charge on any atom is -0.462 e. The van der Waals surface area contributed by atoms with E-state index in [9.17, 15) is 4.79 Å². The lowest BCUT2D eigenvalue weighted by Gasteiger charge is -2.07. The fourth-order valence-electron chi connectivity index (χ4n) is 0.814. The number of esters is 1. The van der Waals surface area contributed by atoms with Gasteiger partial charge >= 0.3 is 5.97 Å². The highest BCUT2D eigenvalue weighted by atomic mass is 16.7. The highest BCUT2D eigenvalue weighted by Gasteiger charge is 2.22. The molecule has 13 heavy (non-hydrogen) atoms. The van der Waals surface area contributed by atoms with Crippen LogP contribution in [0, 0.1) is 0 Å². The molecule has 4 nitrogen and oxygen atoms in total. The Morgan fingerprint density at radius 1 is 1.77 bits per heavy atom. The Hall–Kier alpha value is -1.45. The smallest absolute Gasteiger partial charge is 0.333 e. The average Bonchev–Trinajstić information content (AvgIpc) is 2.47. The van der Waals surface area contributed by atoms with Crippen molar-refractivity contribution in [2.75, 3.05) is 13.2 Å². The molecule has 72 valence electrons. The van der Waals surface area contributed by atoms with Crippen molar-refractivity contribution in [2.24, 2.45) is 0 Å². The molecule has 1 rings (SSSR count). The third-order valence-electron chi connectivity index (χ3n) is 1.48. The lowest BCUT2D eigenvalue weighted by atomic mass is 10.3. The van der Waals surface area contributed by atoms with Gasteiger partial charge in [0.2, 0.25) is 0 Å². The summed E-state index contributed by atoms with van der Waals surface area (Å²) >= 11 is 0. The second-order valence-electron chi connectivity index (χ2n) is 2.80. The fourth-order valence-corrected chi connectivity index (χ4v) is 0.814. The van der Waals surface area contributed by atoms with Gasteiger partial charge in [-0.15, -0.1) is 0 Å². The van der Waals surface area contributed by atoms with Gasteiger partial charge in [0, 0.05) is 5.57 Å². The lowest BCUT2D eigenvalue weighted by Crippen LogP contribution is -2.20. The van der Waals surface area contributed by atoms with Crippen LogP contribution in [0.4, 0.5) is 0 Å². The molecule has 1 heterocycles. The van der Waals surface area contributed by atoms with Gasteiger partial charge in [0.05, 0.1) is 0 Å². The molecule has 0 aliphatic carbocycles. The summed E-state index contributed by atoms with van der Waals surface area (Å²) in [7, 11) is 0. The van der Waals surface area contributed by atoms with Gasteiger partial charge in [-0.3, -0.25) is 0 Å². The molecule has 0 aromatic rings. The van der Waals surface area contributed by atoms with Crippen molar-refractivity contribution in [2.45, 2.75) is 13.0 Å². The first-order chi connectivity index (χ1) is 6.09. The summed E-state index contributed by atoms with van der Waals surface area (Å²) in [6.07, 6.45) is -0.240. The second kappa shape index (κ2) is 3.98. The number of hydrogen-bond acceptors (Lipinski definition) is 4. The molecule has 1 aliphatic rings. The maximum atomic E-state index is 10.9. The van der Waals surface area contributed by atoms with Gasteiger partial charge in [-0.25, -0.2) is 4.79 Å². The summed E-state index contributed by atoms with van der Waals surface area (Å²) < 4.78 is 14.8. The highest BCUT2D eigenvalue weighted by Crippen LogP contribution is 2.13. The topological polar surface area (TPSA) is 44.8 Å². The molecule has 0 radical (unpaired) electrons. The Kier molecular flexibility index (Phi) is 2.95. The zero-order valence-corrected chi connectivity index (χ0v) is 7.54. The molecule has 0 amide bonds. The van der Waals surface area contributed by atoms with Crippen LogP contribution in [0.2, 0.25) is 0 Å². The molecule has 4 heteroatoms. The fraction of sp³-hybridized carbons (Fsp3) is 0.444. The van der Waals surface area contributed by atoms with E-state index in [4.69, 9.17) is 14.2 Å². The van der Waals surface area contributed by atoms with Gasteiger partial charge in [-0.1, -0.05) is 6.58 Å². The average molecular weight is 184 g/mol. The van der Waals surface area contributed by atoms with Gasteiger partial charge in [0.1, 0.15) is 13.2 Å². The highest BCUT2D eigenvalue weighted by molar-refractivity contribution is 5.86. The maximum Gasteiger partial charge on any atom is 0.333 e. The summed E-state index contributed by atoms with van der Waals surface area (Å²) in [5.41, 5.74) is 0.373. The van der Waals surface area contributed by atoms with E-state index in [0.29, 0.717) is 12.2 Å². The summed E-state index contributed by atoms with van der Waals surface area (Å²) in [4.78, 5) is 10.9. The molecule has 1 aliphatic heterocycles. The van der Waals surface area contributed by atoms with Crippen molar-refractivity contribution >= 4 is 5.97 Å². The third-order valence-corrected chi connectivity index (χ3v) is 1.48. The number of hydrogen-bond donors (Lipinski definition) is 0. The standard InChI is InChI=1S/C9H12O4/c1-6(2)9(10)12-5-8-4-11-7(3)13-8/h8H,1,3-5H2,2H3. The number of carbonyl (C=O) groups is 1. The Balaban J connectivity index is 2.23. The molecule has 1 saturated heterocycles. The van der Waals surface area contributed by atoms with Crippen molar-refractivity contribution in [1.29, 1.82) is 0 Å². The molecular formula is C9H12O4. The largest absolute Gasteiger partial charge is 0.462 e. The zero-order chi connectivity index (χ0) is 9.84. The molecule has 0 saturated carbocycles. The quantitative estimate of drug-likeness (QED) is 0.484. The van der Waals surface area contributed by atoms with Crippen LogP contribution in [-0.4, -0.2) is 25.3 Å². The van der Waals surface area contributed by atoms with E-state index in [2.05, 4.69) is 13.2 Å². The van der Waals surface area contributed by atoms with Crippen LogP contribution in [0.3, 0.4) is 0 Å². The number of rotatable bonds is 3. The van der Waals surface area contributed by atoms with E-state index in [1.165, 1.54) is 0 Å². The molecule has 1 fully saturated rings. The maximum absolute atomic E-state index is 10.9. The van der Waals surface area contributed by atoms with E-state index < -0.39 is 5.97 Å². The van der Waals surface area contributed by atoms with Crippen molar-refractivity contribution < 1.29 is 19.0 Å². The van der Waals surface area contributed by atoms with Crippen LogP contribution in [0.15, 0.2) is 24.7 Å². The van der Waals surface area contributed by atoms with E-state index in [0.717, 1.165) is 0 Å². The summed E-state index contributed by atoms with van der Waals surface area (Å²) in [5, 5.41) is 0. The van der Waals surface area contributed by atoms with Gasteiger partial charge in [0.15, 0.2) is 6.10 Å². The summed E-state index contributed by atoms with van der Waals surface area (Å²) in [6, 6.07) is 0. The lowest BCUT2D eigenvalue weighted by molar-refractivity contribution is -0.141. The van der Waals surface area contributed by atoms with Crippen LogP contribution < -0.4 is 0 Å². The third kappa shape index (κ3) is 2.82. The van der Waals surface area contributed by atoms with Crippen LogP contribution >= 0.6 is 0 Å². The zero-order valence-electron chi connectivity index (χ0n) is 7.54. The van der Waals surface area contributed by atoms with Crippen molar-refractivity contribution in [3.8, 4) is 0 Å². The summed E-state index contributed by atoms with van der Waals surface area (Å²) in [6.45, 7) is 9.05. The molecule has 0 aromatic heterocycles. The molecule has 0 aromatic carbocycles. The van der Waals surface area contributed by atoms with Gasteiger partial charge in [0.25, 0.3) is 5.95 Å². The van der Waals surface area contributed by atoms with E-state index >= 15 is 0 Å². The van der Waals surface area contributed by atoms with Crippen LogP contribution in [0.25, 0.3) is 0 Å². The van der Waals surface area contributed by atoms with Crippen LogP contribution in [-0.2, 0) is 19.0 Å². The Labute approximate surface area is 76.8 Å². The molecule has 0 spiro atoms.